The Morgan fingerprint density at radius 1 is 1.08 bits per heavy atom. The lowest BCUT2D eigenvalue weighted by Gasteiger charge is -2.30. The quantitative estimate of drug-likeness (QED) is 0.793. The van der Waals surface area contributed by atoms with Gasteiger partial charge in [0.15, 0.2) is 0 Å². The van der Waals surface area contributed by atoms with E-state index in [1.165, 1.54) is 24.3 Å². The number of ether oxygens (including phenoxy) is 1. The normalized spacial score (nSPS) is 25.3. The number of carbonyl (C=O) groups excluding carboxylic acids is 2. The zero-order chi connectivity index (χ0) is 18.4. The molecule has 0 heterocycles. The van der Waals surface area contributed by atoms with Crippen molar-refractivity contribution in [3.05, 3.63) is 42.2 Å². The number of nitrogens with one attached hydrogen (secondary N) is 2. The van der Waals surface area contributed by atoms with Crippen LogP contribution in [0.1, 0.15) is 44.9 Å². The summed E-state index contributed by atoms with van der Waals surface area (Å²) in [6.45, 7) is 0. The third kappa shape index (κ3) is 5.31. The highest BCUT2D eigenvalue weighted by Gasteiger charge is 2.28. The van der Waals surface area contributed by atoms with E-state index in [1.54, 1.807) is 0 Å². The number of benzene rings is 1. The summed E-state index contributed by atoms with van der Waals surface area (Å²) in [4.78, 5) is 24.4. The van der Waals surface area contributed by atoms with Gasteiger partial charge in [0.1, 0.15) is 11.9 Å². The largest absolute Gasteiger partial charge is 0.446 e. The summed E-state index contributed by atoms with van der Waals surface area (Å²) >= 11 is 0. The van der Waals surface area contributed by atoms with Crippen molar-refractivity contribution >= 4 is 17.7 Å². The van der Waals surface area contributed by atoms with Crippen LogP contribution in [-0.4, -0.2) is 24.1 Å². The Morgan fingerprint density at radius 2 is 1.88 bits per heavy atom. The Hall–Kier alpha value is -2.37. The highest BCUT2D eigenvalue weighted by Crippen LogP contribution is 2.24. The Bertz CT molecular complexity index is 660. The molecule has 0 radical (unpaired) electrons. The lowest BCUT2D eigenvalue weighted by molar-refractivity contribution is -0.126. The Kier molecular flexibility index (Phi) is 6.26. The van der Waals surface area contributed by atoms with Crippen molar-refractivity contribution in [2.45, 2.75) is 57.1 Å². The number of anilines is 1. The molecule has 0 bridgehead atoms. The summed E-state index contributed by atoms with van der Waals surface area (Å²) in [7, 11) is 0. The zero-order valence-corrected chi connectivity index (χ0v) is 14.7. The van der Waals surface area contributed by atoms with E-state index in [4.69, 9.17) is 4.74 Å². The lowest BCUT2D eigenvalue weighted by Crippen LogP contribution is -2.43. The molecule has 0 spiro atoms. The molecule has 2 amide bonds. The van der Waals surface area contributed by atoms with Crippen LogP contribution in [0, 0.1) is 11.7 Å². The summed E-state index contributed by atoms with van der Waals surface area (Å²) in [5.41, 5.74) is 0.488. The SMILES string of the molecule is O=C(Nc1ccc(F)cc1)OC1CCCC(NC(=O)C2CC=CCC2)C1. The van der Waals surface area contributed by atoms with Crippen molar-refractivity contribution in [2.24, 2.45) is 5.92 Å². The number of rotatable bonds is 4. The molecular weight excluding hydrogens is 335 g/mol. The van der Waals surface area contributed by atoms with Crippen molar-refractivity contribution < 1.29 is 18.7 Å². The van der Waals surface area contributed by atoms with Crippen molar-refractivity contribution in [3.8, 4) is 0 Å². The first-order valence-electron chi connectivity index (χ1n) is 9.29. The van der Waals surface area contributed by atoms with E-state index in [0.29, 0.717) is 12.1 Å². The first-order chi connectivity index (χ1) is 12.6. The molecule has 26 heavy (non-hydrogen) atoms. The third-order valence-corrected chi connectivity index (χ3v) is 4.98. The molecule has 2 aliphatic rings. The molecule has 140 valence electrons. The van der Waals surface area contributed by atoms with Crippen LogP contribution in [0.3, 0.4) is 0 Å². The topological polar surface area (TPSA) is 67.4 Å². The van der Waals surface area contributed by atoms with Crippen molar-refractivity contribution in [2.75, 3.05) is 5.32 Å². The maximum absolute atomic E-state index is 12.9. The molecule has 0 saturated heterocycles. The summed E-state index contributed by atoms with van der Waals surface area (Å²) < 4.78 is 18.4. The minimum absolute atomic E-state index is 0.0470. The second-order valence-electron chi connectivity index (χ2n) is 7.01. The fourth-order valence-electron chi connectivity index (χ4n) is 3.57. The van der Waals surface area contributed by atoms with Gasteiger partial charge in [-0.15, -0.1) is 0 Å². The fourth-order valence-corrected chi connectivity index (χ4v) is 3.57. The van der Waals surface area contributed by atoms with Gasteiger partial charge < -0.3 is 10.1 Å². The summed E-state index contributed by atoms with van der Waals surface area (Å²) in [5.74, 6) is -0.193. The average molecular weight is 360 g/mol. The first-order valence-corrected chi connectivity index (χ1v) is 9.29. The third-order valence-electron chi connectivity index (χ3n) is 4.98. The molecule has 6 heteroatoms. The van der Waals surface area contributed by atoms with Gasteiger partial charge in [0.2, 0.25) is 5.91 Å². The van der Waals surface area contributed by atoms with Gasteiger partial charge in [-0.3, -0.25) is 10.1 Å². The molecule has 1 aromatic carbocycles. The van der Waals surface area contributed by atoms with Gasteiger partial charge in [-0.1, -0.05) is 12.2 Å². The highest BCUT2D eigenvalue weighted by atomic mass is 19.1. The lowest BCUT2D eigenvalue weighted by atomic mass is 9.90. The van der Waals surface area contributed by atoms with E-state index in [0.717, 1.165) is 38.5 Å². The zero-order valence-electron chi connectivity index (χ0n) is 14.7. The number of allylic oxidation sites excluding steroid dienone is 2. The molecule has 0 aliphatic heterocycles. The van der Waals surface area contributed by atoms with Gasteiger partial charge in [0.05, 0.1) is 0 Å². The maximum Gasteiger partial charge on any atom is 0.411 e. The number of hydrogen-bond donors (Lipinski definition) is 2. The molecule has 5 nitrogen and oxygen atoms in total. The Labute approximate surface area is 153 Å². The van der Waals surface area contributed by atoms with Crippen molar-refractivity contribution in [3.63, 3.8) is 0 Å². The van der Waals surface area contributed by atoms with Crippen LogP contribution < -0.4 is 10.6 Å². The van der Waals surface area contributed by atoms with Gasteiger partial charge in [-0.2, -0.15) is 0 Å². The number of carbonyl (C=O) groups is 2. The van der Waals surface area contributed by atoms with Gasteiger partial charge in [-0.25, -0.2) is 9.18 Å². The predicted octanol–water partition coefficient (Wildman–Crippen LogP) is 4.16. The first kappa shape index (κ1) is 18.4. The number of amides is 2. The van der Waals surface area contributed by atoms with Gasteiger partial charge in [0.25, 0.3) is 0 Å². The molecule has 3 rings (SSSR count). The van der Waals surface area contributed by atoms with Crippen molar-refractivity contribution in [1.29, 1.82) is 0 Å². The predicted molar refractivity (Wildman–Crippen MR) is 97.2 cm³/mol. The molecule has 1 fully saturated rings. The van der Waals surface area contributed by atoms with Crippen LogP contribution in [-0.2, 0) is 9.53 Å². The van der Waals surface area contributed by atoms with E-state index in [2.05, 4.69) is 22.8 Å². The van der Waals surface area contributed by atoms with E-state index < -0.39 is 6.09 Å². The molecule has 1 saturated carbocycles. The molecule has 0 aromatic heterocycles. The van der Waals surface area contributed by atoms with Gasteiger partial charge in [0, 0.05) is 24.1 Å². The Balaban J connectivity index is 1.45. The van der Waals surface area contributed by atoms with Crippen LogP contribution >= 0.6 is 0 Å². The van der Waals surface area contributed by atoms with Crippen LogP contribution in [0.4, 0.5) is 14.9 Å². The maximum atomic E-state index is 12.9. The van der Waals surface area contributed by atoms with E-state index >= 15 is 0 Å². The monoisotopic (exact) mass is 360 g/mol. The molecule has 3 atom stereocenters. The van der Waals surface area contributed by atoms with Crippen molar-refractivity contribution in [1.82, 2.24) is 5.32 Å². The van der Waals surface area contributed by atoms with E-state index in [9.17, 15) is 14.0 Å². The second-order valence-corrected chi connectivity index (χ2v) is 7.01. The van der Waals surface area contributed by atoms with Gasteiger partial charge >= 0.3 is 6.09 Å². The molecular formula is C20H25FN2O3. The minimum Gasteiger partial charge on any atom is -0.446 e. The van der Waals surface area contributed by atoms with E-state index in [1.807, 2.05) is 0 Å². The molecule has 2 N–H and O–H groups in total. The molecule has 3 unspecified atom stereocenters. The fraction of sp³-hybridized carbons (Fsp3) is 0.500. The van der Waals surface area contributed by atoms with Crippen LogP contribution in [0.15, 0.2) is 36.4 Å². The van der Waals surface area contributed by atoms with Gasteiger partial charge in [-0.05, 0) is 62.8 Å². The number of halogens is 1. The minimum atomic E-state index is -0.550. The van der Waals surface area contributed by atoms with E-state index in [-0.39, 0.29) is 29.8 Å². The Morgan fingerprint density at radius 3 is 2.62 bits per heavy atom. The second kappa shape index (κ2) is 8.83. The smallest absolute Gasteiger partial charge is 0.411 e. The summed E-state index contributed by atoms with van der Waals surface area (Å²) in [5, 5.41) is 5.72. The standard InChI is InChI=1S/C20H25FN2O3/c21-15-9-11-16(12-10-15)23-20(25)26-18-8-4-7-17(13-18)22-19(24)14-5-2-1-3-6-14/h1-2,9-12,14,17-18H,3-8,13H2,(H,22,24)(H,23,25). The highest BCUT2D eigenvalue weighted by molar-refractivity contribution is 5.84. The van der Waals surface area contributed by atoms with Crippen LogP contribution in [0.25, 0.3) is 0 Å². The van der Waals surface area contributed by atoms with Crippen LogP contribution in [0.2, 0.25) is 0 Å². The summed E-state index contributed by atoms with van der Waals surface area (Å²) in [6.07, 6.45) is 9.31. The number of hydrogen-bond acceptors (Lipinski definition) is 3. The van der Waals surface area contributed by atoms with Crippen LogP contribution in [0.5, 0.6) is 0 Å². The summed E-state index contributed by atoms with van der Waals surface area (Å²) in [6, 6.07) is 5.58. The molecule has 2 aliphatic carbocycles. The average Bonchev–Trinajstić information content (AvgIpc) is 2.64. The molecule has 1 aromatic rings.